The Morgan fingerprint density at radius 2 is 1.77 bits per heavy atom. The lowest BCUT2D eigenvalue weighted by Gasteiger charge is -2.10. The molecule has 0 fully saturated rings. The molecule has 0 unspecified atom stereocenters. The van der Waals surface area contributed by atoms with E-state index in [-0.39, 0.29) is 6.42 Å². The number of carbonyl (C=O) groups excluding carboxylic acids is 2. The minimum Gasteiger partial charge on any atom is -0.494 e. The number of anilines is 1. The molecule has 8 nitrogen and oxygen atoms in total. The first-order valence-corrected chi connectivity index (χ1v) is 9.71. The fourth-order valence-electron chi connectivity index (χ4n) is 2.47. The molecule has 0 bridgehead atoms. The maximum Gasteiger partial charge on any atom is 0.249 e. The van der Waals surface area contributed by atoms with Crippen molar-refractivity contribution in [2.24, 2.45) is 5.10 Å². The Morgan fingerprint density at radius 1 is 1.00 bits per heavy atom. The Kier molecular flexibility index (Phi) is 9.18. The van der Waals surface area contributed by atoms with Gasteiger partial charge in [-0.2, -0.15) is 5.10 Å². The summed E-state index contributed by atoms with van der Waals surface area (Å²) in [7, 11) is 1.56. The van der Waals surface area contributed by atoms with E-state index in [1.165, 1.54) is 6.21 Å². The van der Waals surface area contributed by atoms with E-state index in [0.29, 0.717) is 36.1 Å². The van der Waals surface area contributed by atoms with Crippen LogP contribution in [0.15, 0.2) is 47.6 Å². The third-order valence-corrected chi connectivity index (χ3v) is 3.82. The third kappa shape index (κ3) is 7.46. The van der Waals surface area contributed by atoms with Crippen LogP contribution in [0.25, 0.3) is 0 Å². The van der Waals surface area contributed by atoms with Gasteiger partial charge in [-0.15, -0.1) is 0 Å². The number of methoxy groups -OCH3 is 1. The van der Waals surface area contributed by atoms with Crippen LogP contribution >= 0.6 is 0 Å². The molecule has 0 aliphatic heterocycles. The minimum absolute atomic E-state index is 0.350. The molecule has 0 radical (unpaired) electrons. The van der Waals surface area contributed by atoms with Gasteiger partial charge < -0.3 is 19.5 Å². The highest BCUT2D eigenvalue weighted by molar-refractivity contribution is 6.03. The molecule has 160 valence electrons. The summed E-state index contributed by atoms with van der Waals surface area (Å²) in [5, 5.41) is 6.53. The zero-order valence-corrected chi connectivity index (χ0v) is 17.4. The Balaban J connectivity index is 1.83. The molecule has 2 aromatic rings. The molecular formula is C22H27N3O5. The molecule has 0 saturated heterocycles. The molecule has 0 atom stereocenters. The average molecular weight is 413 g/mol. The molecule has 0 saturated carbocycles. The third-order valence-electron chi connectivity index (χ3n) is 3.82. The number of carbonyl (C=O) groups is 2. The number of rotatable bonds is 11. The number of hydrogen-bond acceptors (Lipinski definition) is 6. The molecule has 0 aliphatic rings. The summed E-state index contributed by atoms with van der Waals surface area (Å²) in [5.74, 6) is 0.972. The predicted octanol–water partition coefficient (Wildman–Crippen LogP) is 3.36. The molecule has 2 N–H and O–H groups in total. The molecule has 30 heavy (non-hydrogen) atoms. The summed E-state index contributed by atoms with van der Waals surface area (Å²) < 4.78 is 16.2. The fourth-order valence-corrected chi connectivity index (χ4v) is 2.47. The van der Waals surface area contributed by atoms with Crippen LogP contribution in [0.4, 0.5) is 5.69 Å². The summed E-state index contributed by atoms with van der Waals surface area (Å²) in [6.07, 6.45) is 2.01. The fraction of sp³-hybridized carbons (Fsp3) is 0.318. The van der Waals surface area contributed by atoms with Crippen LogP contribution in [-0.4, -0.2) is 38.4 Å². The lowest BCUT2D eigenvalue weighted by molar-refractivity contribution is -0.126. The van der Waals surface area contributed by atoms with E-state index in [1.54, 1.807) is 49.6 Å². The zero-order chi connectivity index (χ0) is 21.8. The van der Waals surface area contributed by atoms with Crippen molar-refractivity contribution in [1.29, 1.82) is 0 Å². The summed E-state index contributed by atoms with van der Waals surface area (Å²) >= 11 is 0. The molecule has 8 heteroatoms. The van der Waals surface area contributed by atoms with Gasteiger partial charge in [-0.1, -0.05) is 6.92 Å². The van der Waals surface area contributed by atoms with Crippen LogP contribution in [-0.2, 0) is 9.59 Å². The van der Waals surface area contributed by atoms with Crippen molar-refractivity contribution in [2.45, 2.75) is 26.7 Å². The van der Waals surface area contributed by atoms with Crippen LogP contribution in [0, 0.1) is 0 Å². The average Bonchev–Trinajstić information content (AvgIpc) is 2.74. The maximum atomic E-state index is 12.0. The van der Waals surface area contributed by atoms with E-state index < -0.39 is 11.8 Å². The van der Waals surface area contributed by atoms with Gasteiger partial charge in [0.1, 0.15) is 12.2 Å². The highest BCUT2D eigenvalue weighted by Gasteiger charge is 2.09. The topological polar surface area (TPSA) is 98.2 Å². The van der Waals surface area contributed by atoms with Gasteiger partial charge in [-0.25, -0.2) is 5.43 Å². The highest BCUT2D eigenvalue weighted by Crippen LogP contribution is 2.27. The van der Waals surface area contributed by atoms with Gasteiger partial charge in [0.05, 0.1) is 26.5 Å². The minimum atomic E-state index is -0.524. The first-order chi connectivity index (χ1) is 14.5. The Labute approximate surface area is 176 Å². The van der Waals surface area contributed by atoms with Gasteiger partial charge in [-0.3, -0.25) is 9.59 Å². The Morgan fingerprint density at radius 3 is 2.43 bits per heavy atom. The monoisotopic (exact) mass is 413 g/mol. The molecule has 0 spiro atoms. The van der Waals surface area contributed by atoms with Crippen molar-refractivity contribution in [3.8, 4) is 17.2 Å². The van der Waals surface area contributed by atoms with Gasteiger partial charge in [0.15, 0.2) is 11.5 Å². The quantitative estimate of drug-likeness (QED) is 0.334. The number of hydrogen-bond donors (Lipinski definition) is 2. The second kappa shape index (κ2) is 12.1. The first kappa shape index (κ1) is 22.7. The maximum absolute atomic E-state index is 12.0. The standard InChI is InChI=1S/C22H27N3O5/c1-4-12-30-19-11-6-16(13-20(19)28-3)15-23-25-22(27)14-21(26)24-17-7-9-18(10-8-17)29-5-2/h6-11,13,15H,4-5,12,14H2,1-3H3,(H,24,26)(H,25,27). The smallest absolute Gasteiger partial charge is 0.249 e. The molecule has 2 amide bonds. The largest absolute Gasteiger partial charge is 0.494 e. The predicted molar refractivity (Wildman–Crippen MR) is 115 cm³/mol. The highest BCUT2D eigenvalue weighted by atomic mass is 16.5. The normalized spacial score (nSPS) is 10.5. The number of benzene rings is 2. The van der Waals surface area contributed by atoms with E-state index in [1.807, 2.05) is 13.8 Å². The van der Waals surface area contributed by atoms with E-state index in [4.69, 9.17) is 14.2 Å². The Hall–Kier alpha value is -3.55. The van der Waals surface area contributed by atoms with E-state index in [2.05, 4.69) is 15.8 Å². The summed E-state index contributed by atoms with van der Waals surface area (Å²) in [6.45, 7) is 5.08. The van der Waals surface area contributed by atoms with Crippen molar-refractivity contribution in [3.63, 3.8) is 0 Å². The molecule has 2 rings (SSSR count). The summed E-state index contributed by atoms with van der Waals surface area (Å²) in [5.41, 5.74) is 3.64. The van der Waals surface area contributed by atoms with Gasteiger partial charge in [0.25, 0.3) is 0 Å². The van der Waals surface area contributed by atoms with E-state index >= 15 is 0 Å². The molecule has 2 aromatic carbocycles. The number of amides is 2. The second-order valence-electron chi connectivity index (χ2n) is 6.23. The van der Waals surface area contributed by atoms with E-state index in [9.17, 15) is 9.59 Å². The van der Waals surface area contributed by atoms with Crippen LogP contribution in [0.5, 0.6) is 17.2 Å². The molecular weight excluding hydrogens is 386 g/mol. The Bertz CT molecular complexity index is 866. The van der Waals surface area contributed by atoms with Crippen LogP contribution in [0.2, 0.25) is 0 Å². The molecule has 0 heterocycles. The van der Waals surface area contributed by atoms with Crippen molar-refractivity contribution in [3.05, 3.63) is 48.0 Å². The van der Waals surface area contributed by atoms with E-state index in [0.717, 1.165) is 12.0 Å². The number of ether oxygens (including phenoxy) is 3. The second-order valence-corrected chi connectivity index (χ2v) is 6.23. The lowest BCUT2D eigenvalue weighted by Crippen LogP contribution is -2.24. The summed E-state index contributed by atoms with van der Waals surface area (Å²) in [4.78, 5) is 23.9. The lowest BCUT2D eigenvalue weighted by atomic mass is 10.2. The van der Waals surface area contributed by atoms with Gasteiger partial charge in [0.2, 0.25) is 11.8 Å². The number of hydrazone groups is 1. The molecule has 0 aliphatic carbocycles. The van der Waals surface area contributed by atoms with Crippen LogP contribution in [0.1, 0.15) is 32.3 Å². The van der Waals surface area contributed by atoms with Crippen molar-refractivity contribution in [1.82, 2.24) is 5.43 Å². The van der Waals surface area contributed by atoms with Gasteiger partial charge in [0, 0.05) is 5.69 Å². The van der Waals surface area contributed by atoms with Crippen molar-refractivity contribution < 1.29 is 23.8 Å². The molecule has 0 aromatic heterocycles. The number of nitrogens with one attached hydrogen (secondary N) is 2. The summed E-state index contributed by atoms with van der Waals surface area (Å²) in [6, 6.07) is 12.2. The van der Waals surface area contributed by atoms with Gasteiger partial charge in [-0.05, 0) is 61.4 Å². The van der Waals surface area contributed by atoms with Crippen LogP contribution < -0.4 is 25.0 Å². The zero-order valence-electron chi connectivity index (χ0n) is 17.4. The SMILES string of the molecule is CCCOc1ccc(C=NNC(=O)CC(=O)Nc2ccc(OCC)cc2)cc1OC. The van der Waals surface area contributed by atoms with Crippen LogP contribution in [0.3, 0.4) is 0 Å². The van der Waals surface area contributed by atoms with Crippen molar-refractivity contribution >= 4 is 23.7 Å². The number of nitrogens with zero attached hydrogens (tertiary/aromatic N) is 1. The van der Waals surface area contributed by atoms with Crippen molar-refractivity contribution in [2.75, 3.05) is 25.6 Å². The first-order valence-electron chi connectivity index (χ1n) is 9.71. The van der Waals surface area contributed by atoms with Gasteiger partial charge >= 0.3 is 0 Å².